The highest BCUT2D eigenvalue weighted by Crippen LogP contribution is 2.78. The number of nitrogens with two attached hydrogens (primary N) is 2. The molecule has 6 rings (SSSR count). The van der Waals surface area contributed by atoms with E-state index in [2.05, 4.69) is 24.2 Å². The summed E-state index contributed by atoms with van der Waals surface area (Å²) in [6.07, 6.45) is 14.7. The van der Waals surface area contributed by atoms with Gasteiger partial charge in [-0.3, -0.25) is 14.6 Å². The van der Waals surface area contributed by atoms with Gasteiger partial charge in [-0.25, -0.2) is 9.59 Å². The monoisotopic (exact) mass is 696 g/mol. The first-order valence-corrected chi connectivity index (χ1v) is 18.9. The van der Waals surface area contributed by atoms with Crippen LogP contribution in [-0.2, 0) is 23.9 Å². The predicted molar refractivity (Wildman–Crippen MR) is 186 cm³/mol. The first-order valence-electron chi connectivity index (χ1n) is 18.9. The van der Waals surface area contributed by atoms with Gasteiger partial charge in [0.2, 0.25) is 5.91 Å². The highest BCUT2D eigenvalue weighted by atomic mass is 16.6. The van der Waals surface area contributed by atoms with E-state index in [4.69, 9.17) is 25.4 Å². The van der Waals surface area contributed by atoms with E-state index >= 15 is 0 Å². The van der Waals surface area contributed by atoms with Crippen molar-refractivity contribution < 1.29 is 33.4 Å². The average Bonchev–Trinajstić information content (AvgIpc) is 3.73. The number of hydrogen-bond acceptors (Lipinski definition) is 8. The minimum atomic E-state index is -1.08. The van der Waals surface area contributed by atoms with Crippen LogP contribution in [0.4, 0.5) is 0 Å². The predicted octanol–water partition coefficient (Wildman–Crippen LogP) is 4.77. The molecule has 10 unspecified atom stereocenters. The highest BCUT2D eigenvalue weighted by Gasteiger charge is 2.80. The summed E-state index contributed by atoms with van der Waals surface area (Å²) >= 11 is 0. The fourth-order valence-electron chi connectivity index (χ4n) is 11.0. The van der Waals surface area contributed by atoms with E-state index in [1.807, 2.05) is 6.07 Å². The highest BCUT2D eigenvalue weighted by molar-refractivity contribution is 5.83. The van der Waals surface area contributed by atoms with Gasteiger partial charge < -0.3 is 35.8 Å². The van der Waals surface area contributed by atoms with Crippen LogP contribution in [-0.4, -0.2) is 59.3 Å². The number of carboxylic acids is 1. The maximum absolute atomic E-state index is 12.8. The standard InChI is InChI=1S/C38H56N4O8/c1-36-17-15-25(49-33(45)10-6-4-3-5-9-31(43)42-29(34(46)47)8-7-19-41-35(39)40)20-24(36)12-13-27-26(36)16-18-37(2)28(21-30-38(27,37)50-30)23-11-14-32(44)48-22-23/h11,14,22,24-30H,3-10,12-13,15-21H2,1-2H3,(H,42,43)(H,46,47)(H4,39,40,41). The van der Waals surface area contributed by atoms with Crippen LogP contribution in [0.1, 0.15) is 128 Å². The van der Waals surface area contributed by atoms with Gasteiger partial charge >= 0.3 is 17.6 Å². The lowest BCUT2D eigenvalue weighted by Crippen LogP contribution is -2.58. The Labute approximate surface area is 294 Å². The summed E-state index contributed by atoms with van der Waals surface area (Å²) < 4.78 is 18.0. The zero-order valence-corrected chi connectivity index (χ0v) is 29.7. The van der Waals surface area contributed by atoms with Crippen molar-refractivity contribution in [3.63, 3.8) is 0 Å². The molecule has 1 aliphatic heterocycles. The molecule has 0 aromatic carbocycles. The minimum Gasteiger partial charge on any atom is -0.480 e. The van der Waals surface area contributed by atoms with Gasteiger partial charge in [-0.05, 0) is 118 Å². The number of hydrogen-bond donors (Lipinski definition) is 4. The van der Waals surface area contributed by atoms with Gasteiger partial charge in [0.15, 0.2) is 5.96 Å². The number of carbonyl (C=O) groups is 3. The first-order chi connectivity index (χ1) is 23.9. The summed E-state index contributed by atoms with van der Waals surface area (Å²) in [6, 6.07) is 2.54. The Morgan fingerprint density at radius 3 is 2.50 bits per heavy atom. The molecule has 4 aliphatic carbocycles. The zero-order chi connectivity index (χ0) is 35.7. The van der Waals surface area contributed by atoms with Crippen molar-refractivity contribution in [1.29, 1.82) is 0 Å². The van der Waals surface area contributed by atoms with Gasteiger partial charge in [0.1, 0.15) is 17.7 Å². The van der Waals surface area contributed by atoms with Crippen molar-refractivity contribution in [3.8, 4) is 0 Å². The molecule has 5 fully saturated rings. The Morgan fingerprint density at radius 1 is 1.00 bits per heavy atom. The van der Waals surface area contributed by atoms with Crippen molar-refractivity contribution in [1.82, 2.24) is 5.32 Å². The Hall–Kier alpha value is -3.41. The second-order valence-corrected chi connectivity index (χ2v) is 16.2. The van der Waals surface area contributed by atoms with E-state index in [1.54, 1.807) is 12.3 Å². The largest absolute Gasteiger partial charge is 0.480 e. The van der Waals surface area contributed by atoms with Crippen molar-refractivity contribution >= 4 is 23.8 Å². The quantitative estimate of drug-likeness (QED) is 0.0651. The number of fused-ring (bicyclic) bond motifs is 3. The maximum Gasteiger partial charge on any atom is 0.335 e. The molecular formula is C38H56N4O8. The Morgan fingerprint density at radius 2 is 1.78 bits per heavy atom. The molecule has 0 radical (unpaired) electrons. The van der Waals surface area contributed by atoms with Crippen molar-refractivity contribution in [2.24, 2.45) is 45.0 Å². The van der Waals surface area contributed by atoms with Crippen molar-refractivity contribution in [2.75, 3.05) is 6.54 Å². The molecule has 0 bridgehead atoms. The molecule has 5 aliphatic rings. The van der Waals surface area contributed by atoms with Crippen LogP contribution in [0.25, 0.3) is 0 Å². The van der Waals surface area contributed by atoms with Gasteiger partial charge in [-0.1, -0.05) is 26.7 Å². The van der Waals surface area contributed by atoms with E-state index in [-0.39, 0.29) is 64.9 Å². The Bertz CT molecular complexity index is 1490. The molecule has 6 N–H and O–H groups in total. The average molecular weight is 697 g/mol. The minimum absolute atomic E-state index is 0.0250. The first kappa shape index (κ1) is 36.4. The maximum atomic E-state index is 12.8. The number of epoxide rings is 1. The summed E-state index contributed by atoms with van der Waals surface area (Å²) in [5.74, 6) is 0.488. The molecular weight excluding hydrogens is 640 g/mol. The molecule has 1 spiro atoms. The molecule has 1 amide bonds. The SMILES string of the molecule is CC12CCC(OC(=O)CCCCCCC(=O)NC(CCCN=C(N)N)C(=O)O)CC1CCC1C2CCC2(C)C(c3ccc(=O)oc3)CC3OC312. The molecule has 4 saturated carbocycles. The molecule has 10 atom stereocenters. The molecule has 1 saturated heterocycles. The van der Waals surface area contributed by atoms with Gasteiger partial charge in [0, 0.05) is 30.9 Å². The number of aliphatic imine (C=N–C) groups is 1. The topological polar surface area (TPSA) is 200 Å². The van der Waals surface area contributed by atoms with E-state index in [9.17, 15) is 24.3 Å². The van der Waals surface area contributed by atoms with Crippen LogP contribution in [0.2, 0.25) is 0 Å². The number of guanidine groups is 1. The number of nitrogens with zero attached hydrogens (tertiary/aromatic N) is 1. The van der Waals surface area contributed by atoms with E-state index in [0.29, 0.717) is 55.9 Å². The summed E-state index contributed by atoms with van der Waals surface area (Å²) in [6.45, 7) is 5.23. The fourth-order valence-corrected chi connectivity index (χ4v) is 11.0. The van der Waals surface area contributed by atoms with Crippen LogP contribution in [0.15, 0.2) is 32.6 Å². The number of amides is 1. The number of ether oxygens (including phenoxy) is 2. The van der Waals surface area contributed by atoms with Crippen LogP contribution >= 0.6 is 0 Å². The smallest absolute Gasteiger partial charge is 0.335 e. The lowest BCUT2D eigenvalue weighted by Gasteiger charge is -2.61. The third-order valence-corrected chi connectivity index (χ3v) is 13.6. The number of carboxylic acid groups (broad SMARTS) is 1. The summed E-state index contributed by atoms with van der Waals surface area (Å²) in [5.41, 5.74) is 11.6. The number of esters is 1. The summed E-state index contributed by atoms with van der Waals surface area (Å²) in [5, 5.41) is 12.0. The molecule has 2 heterocycles. The normalized spacial score (nSPS) is 35.7. The lowest BCUT2D eigenvalue weighted by atomic mass is 9.44. The van der Waals surface area contributed by atoms with Crippen LogP contribution in [0, 0.1) is 28.6 Å². The third-order valence-electron chi connectivity index (χ3n) is 13.6. The summed E-state index contributed by atoms with van der Waals surface area (Å²) in [4.78, 5) is 52.1. The Balaban J connectivity index is 0.906. The lowest BCUT2D eigenvalue weighted by molar-refractivity contribution is -0.164. The summed E-state index contributed by atoms with van der Waals surface area (Å²) in [7, 11) is 0. The molecule has 276 valence electrons. The van der Waals surface area contributed by atoms with Gasteiger partial charge in [-0.15, -0.1) is 0 Å². The number of nitrogens with one attached hydrogen (secondary N) is 1. The van der Waals surface area contributed by atoms with E-state index in [1.165, 1.54) is 6.42 Å². The molecule has 50 heavy (non-hydrogen) atoms. The second kappa shape index (κ2) is 14.7. The molecule has 12 nitrogen and oxygen atoms in total. The molecule has 1 aromatic heterocycles. The van der Waals surface area contributed by atoms with Crippen LogP contribution in [0.5, 0.6) is 0 Å². The zero-order valence-electron chi connectivity index (χ0n) is 29.7. The van der Waals surface area contributed by atoms with Crippen molar-refractivity contribution in [3.05, 3.63) is 34.4 Å². The van der Waals surface area contributed by atoms with Crippen LogP contribution < -0.4 is 22.4 Å². The van der Waals surface area contributed by atoms with Gasteiger partial charge in [-0.2, -0.15) is 0 Å². The Kier molecular flexibility index (Phi) is 10.7. The number of carbonyl (C=O) groups excluding carboxylic acids is 2. The van der Waals surface area contributed by atoms with E-state index < -0.39 is 12.0 Å². The molecule has 1 aromatic rings. The van der Waals surface area contributed by atoms with Crippen LogP contribution in [0.3, 0.4) is 0 Å². The second-order valence-electron chi connectivity index (χ2n) is 16.2. The number of unbranched alkanes of at least 4 members (excludes halogenated alkanes) is 3. The number of aliphatic carboxylic acids is 1. The van der Waals surface area contributed by atoms with Gasteiger partial charge in [0.25, 0.3) is 0 Å². The number of rotatable bonds is 15. The van der Waals surface area contributed by atoms with E-state index in [0.717, 1.165) is 63.4 Å². The molecule has 12 heteroatoms. The van der Waals surface area contributed by atoms with Crippen molar-refractivity contribution in [2.45, 2.75) is 146 Å². The third kappa shape index (κ3) is 7.05. The van der Waals surface area contributed by atoms with Gasteiger partial charge in [0.05, 0.1) is 12.4 Å². The fraction of sp³-hybridized carbons (Fsp3) is 0.763.